The summed E-state index contributed by atoms with van der Waals surface area (Å²) < 4.78 is 30.9. The Morgan fingerprint density at radius 2 is 2.30 bits per heavy atom. The first-order valence-corrected chi connectivity index (χ1v) is 7.78. The molecule has 1 fully saturated rings. The van der Waals surface area contributed by atoms with Gasteiger partial charge in [0.25, 0.3) is 0 Å². The molecule has 1 aromatic heterocycles. The Morgan fingerprint density at radius 3 is 2.95 bits per heavy atom. The molecule has 2 heterocycles. The number of pyridine rings is 1. The van der Waals surface area contributed by atoms with Gasteiger partial charge in [-0.2, -0.15) is 4.31 Å². The smallest absolute Gasteiger partial charge is 0.324 e. The number of sulfonamides is 1. The standard InChI is InChI=1S/C12H16N2O5S/c1-2-19-12(16)9-4-3-7-14(9)20(17,18)11-8-13-6-5-10(11)15/h5-6,8-9H,2-4,7H2,1H3,(H,13,15). The maximum absolute atomic E-state index is 12.5. The van der Waals surface area contributed by atoms with Crippen molar-refractivity contribution in [3.8, 4) is 0 Å². The molecule has 0 spiro atoms. The zero-order valence-electron chi connectivity index (χ0n) is 11.0. The van der Waals surface area contributed by atoms with Gasteiger partial charge in [0.05, 0.1) is 6.61 Å². The Hall–Kier alpha value is -1.67. The maximum Gasteiger partial charge on any atom is 0.324 e. The molecule has 0 amide bonds. The Morgan fingerprint density at radius 1 is 1.55 bits per heavy atom. The number of carbonyl (C=O) groups excluding carboxylic acids is 1. The average Bonchev–Trinajstić information content (AvgIpc) is 2.89. The first kappa shape index (κ1) is 14.7. The molecular formula is C12H16N2O5S. The molecular weight excluding hydrogens is 284 g/mol. The number of hydrogen-bond donors (Lipinski definition) is 1. The van der Waals surface area contributed by atoms with Crippen molar-refractivity contribution in [2.45, 2.75) is 30.7 Å². The summed E-state index contributed by atoms with van der Waals surface area (Å²) in [5.41, 5.74) is -0.599. The molecule has 7 nitrogen and oxygen atoms in total. The third kappa shape index (κ3) is 2.61. The van der Waals surface area contributed by atoms with Gasteiger partial charge >= 0.3 is 5.97 Å². The van der Waals surface area contributed by atoms with Crippen LogP contribution < -0.4 is 5.43 Å². The highest BCUT2D eigenvalue weighted by atomic mass is 32.2. The van der Waals surface area contributed by atoms with Crippen molar-refractivity contribution in [3.05, 3.63) is 28.7 Å². The van der Waals surface area contributed by atoms with E-state index in [9.17, 15) is 18.0 Å². The summed E-state index contributed by atoms with van der Waals surface area (Å²) in [6.07, 6.45) is 3.46. The zero-order chi connectivity index (χ0) is 14.8. The molecule has 1 atom stereocenters. The van der Waals surface area contributed by atoms with Crippen LogP contribution in [0.2, 0.25) is 0 Å². The molecule has 2 rings (SSSR count). The Kier molecular flexibility index (Phi) is 4.24. The first-order valence-electron chi connectivity index (χ1n) is 6.34. The van der Waals surface area contributed by atoms with Crippen LogP contribution in [0.1, 0.15) is 19.8 Å². The molecule has 0 radical (unpaired) electrons. The van der Waals surface area contributed by atoms with Gasteiger partial charge in [-0.1, -0.05) is 0 Å². The Bertz CT molecular complexity index is 652. The SMILES string of the molecule is CCOC(=O)C1CCCN1S(=O)(=O)c1c[nH]ccc1=O. The topological polar surface area (TPSA) is 96.5 Å². The number of ether oxygens (including phenoxy) is 1. The highest BCUT2D eigenvalue weighted by molar-refractivity contribution is 7.89. The van der Waals surface area contributed by atoms with Crippen molar-refractivity contribution in [2.24, 2.45) is 0 Å². The van der Waals surface area contributed by atoms with Gasteiger partial charge in [-0.15, -0.1) is 0 Å². The van der Waals surface area contributed by atoms with E-state index in [1.54, 1.807) is 6.92 Å². The summed E-state index contributed by atoms with van der Waals surface area (Å²) in [4.78, 5) is 25.7. The fourth-order valence-electron chi connectivity index (χ4n) is 2.23. The number of carbonyl (C=O) groups is 1. The summed E-state index contributed by atoms with van der Waals surface area (Å²) in [5.74, 6) is -0.569. The number of nitrogens with one attached hydrogen (secondary N) is 1. The van der Waals surface area contributed by atoms with E-state index in [4.69, 9.17) is 4.74 Å². The molecule has 0 bridgehead atoms. The lowest BCUT2D eigenvalue weighted by Gasteiger charge is -2.22. The predicted molar refractivity (Wildman–Crippen MR) is 70.6 cm³/mol. The van der Waals surface area contributed by atoms with Gasteiger partial charge in [0.15, 0.2) is 0 Å². The van der Waals surface area contributed by atoms with Crippen molar-refractivity contribution in [2.75, 3.05) is 13.2 Å². The first-order chi connectivity index (χ1) is 9.48. The van der Waals surface area contributed by atoms with Crippen LogP contribution in [-0.2, 0) is 19.6 Å². The van der Waals surface area contributed by atoms with Crippen LogP contribution in [0.4, 0.5) is 0 Å². The molecule has 1 aromatic rings. The second-order valence-electron chi connectivity index (χ2n) is 4.40. The zero-order valence-corrected chi connectivity index (χ0v) is 11.9. The van der Waals surface area contributed by atoms with Crippen molar-refractivity contribution in [1.82, 2.24) is 9.29 Å². The molecule has 20 heavy (non-hydrogen) atoms. The van der Waals surface area contributed by atoms with E-state index in [0.717, 1.165) is 16.6 Å². The molecule has 1 saturated heterocycles. The number of esters is 1. The van der Waals surface area contributed by atoms with Crippen LogP contribution in [0.15, 0.2) is 28.2 Å². The number of H-pyrrole nitrogens is 1. The van der Waals surface area contributed by atoms with Crippen LogP contribution in [0.5, 0.6) is 0 Å². The highest BCUT2D eigenvalue weighted by Gasteiger charge is 2.41. The summed E-state index contributed by atoms with van der Waals surface area (Å²) in [6, 6.07) is 0.294. The number of nitrogens with zero attached hydrogens (tertiary/aromatic N) is 1. The van der Waals surface area contributed by atoms with E-state index in [1.165, 1.54) is 6.20 Å². The van der Waals surface area contributed by atoms with Crippen molar-refractivity contribution < 1.29 is 17.9 Å². The summed E-state index contributed by atoms with van der Waals surface area (Å²) >= 11 is 0. The van der Waals surface area contributed by atoms with Gasteiger partial charge in [-0.25, -0.2) is 8.42 Å². The minimum Gasteiger partial charge on any atom is -0.465 e. The molecule has 110 valence electrons. The fourth-order valence-corrected chi connectivity index (χ4v) is 3.92. The molecule has 1 aliphatic rings. The minimum atomic E-state index is -3.99. The molecule has 1 unspecified atom stereocenters. The second kappa shape index (κ2) is 5.76. The quantitative estimate of drug-likeness (QED) is 0.795. The third-order valence-corrected chi connectivity index (χ3v) is 5.07. The number of rotatable bonds is 4. The van der Waals surface area contributed by atoms with Crippen molar-refractivity contribution >= 4 is 16.0 Å². The lowest BCUT2D eigenvalue weighted by Crippen LogP contribution is -2.42. The number of hydrogen-bond acceptors (Lipinski definition) is 5. The lowest BCUT2D eigenvalue weighted by atomic mass is 10.2. The van der Waals surface area contributed by atoms with Crippen molar-refractivity contribution in [1.29, 1.82) is 0 Å². The molecule has 0 saturated carbocycles. The Labute approximate surface area is 116 Å². The molecule has 1 N–H and O–H groups in total. The van der Waals surface area contributed by atoms with Gasteiger partial charge in [-0.3, -0.25) is 9.59 Å². The average molecular weight is 300 g/mol. The van der Waals surface area contributed by atoms with E-state index in [2.05, 4.69) is 4.98 Å². The summed E-state index contributed by atoms with van der Waals surface area (Å²) in [7, 11) is -3.99. The molecule has 1 aliphatic heterocycles. The fraction of sp³-hybridized carbons (Fsp3) is 0.500. The summed E-state index contributed by atoms with van der Waals surface area (Å²) in [5, 5.41) is 0. The molecule has 0 aromatic carbocycles. The van der Waals surface area contributed by atoms with Gasteiger partial charge in [0.1, 0.15) is 10.9 Å². The number of aromatic nitrogens is 1. The van der Waals surface area contributed by atoms with Crippen LogP contribution >= 0.6 is 0 Å². The maximum atomic E-state index is 12.5. The second-order valence-corrected chi connectivity index (χ2v) is 6.26. The van der Waals surface area contributed by atoms with Crippen LogP contribution in [-0.4, -0.2) is 42.9 Å². The van der Waals surface area contributed by atoms with E-state index < -0.39 is 27.5 Å². The minimum absolute atomic E-state index is 0.190. The highest BCUT2D eigenvalue weighted by Crippen LogP contribution is 2.25. The van der Waals surface area contributed by atoms with Crippen LogP contribution in [0.3, 0.4) is 0 Å². The molecule has 8 heteroatoms. The van der Waals surface area contributed by atoms with Crippen LogP contribution in [0, 0.1) is 0 Å². The third-order valence-electron chi connectivity index (χ3n) is 3.14. The monoisotopic (exact) mass is 300 g/mol. The summed E-state index contributed by atoms with van der Waals surface area (Å²) in [6.45, 7) is 2.06. The van der Waals surface area contributed by atoms with Crippen LogP contribution in [0.25, 0.3) is 0 Å². The van der Waals surface area contributed by atoms with Gasteiger partial charge in [0, 0.05) is 25.0 Å². The van der Waals surface area contributed by atoms with Gasteiger partial charge in [0.2, 0.25) is 15.5 Å². The van der Waals surface area contributed by atoms with Crippen molar-refractivity contribution in [3.63, 3.8) is 0 Å². The predicted octanol–water partition coefficient (Wildman–Crippen LogP) is 0.0911. The van der Waals surface area contributed by atoms with E-state index in [0.29, 0.717) is 12.8 Å². The van der Waals surface area contributed by atoms with Gasteiger partial charge < -0.3 is 9.72 Å². The van der Waals surface area contributed by atoms with E-state index in [-0.39, 0.29) is 18.0 Å². The molecule has 0 aliphatic carbocycles. The van der Waals surface area contributed by atoms with Gasteiger partial charge in [-0.05, 0) is 19.8 Å². The van der Waals surface area contributed by atoms with E-state index in [1.807, 2.05) is 0 Å². The number of aromatic amines is 1. The lowest BCUT2D eigenvalue weighted by molar-refractivity contribution is -0.146. The normalized spacial score (nSPS) is 19.9. The Balaban J connectivity index is 2.36. The largest absolute Gasteiger partial charge is 0.465 e. The van der Waals surface area contributed by atoms with E-state index >= 15 is 0 Å².